The molecule has 2 aliphatic carbocycles. The van der Waals surface area contributed by atoms with Crippen LogP contribution in [0.2, 0.25) is 0 Å². The Morgan fingerprint density at radius 1 is 1.39 bits per heavy atom. The third-order valence-corrected chi connectivity index (χ3v) is 4.76. The number of hydrogen-bond acceptors (Lipinski definition) is 2. The molecule has 0 saturated heterocycles. The lowest BCUT2D eigenvalue weighted by atomic mass is 9.79. The highest BCUT2D eigenvalue weighted by molar-refractivity contribution is 5.96. The normalized spacial score (nSPS) is 33.0. The highest BCUT2D eigenvalue weighted by atomic mass is 16.3. The van der Waals surface area contributed by atoms with Crippen LogP contribution >= 0.6 is 0 Å². The fraction of sp³-hybridized carbons (Fsp3) is 0.688. The molecule has 18 heavy (non-hydrogen) atoms. The van der Waals surface area contributed by atoms with E-state index in [1.54, 1.807) is 0 Å². The zero-order chi connectivity index (χ0) is 13.3. The maximum absolute atomic E-state index is 11.9. The third-order valence-electron chi connectivity index (χ3n) is 4.76. The van der Waals surface area contributed by atoms with Gasteiger partial charge in [-0.2, -0.15) is 0 Å². The van der Waals surface area contributed by atoms with E-state index < -0.39 is 0 Å². The molecule has 0 aliphatic heterocycles. The van der Waals surface area contributed by atoms with Crippen molar-refractivity contribution < 1.29 is 9.90 Å². The van der Waals surface area contributed by atoms with Crippen molar-refractivity contribution in [2.75, 3.05) is 0 Å². The largest absolute Gasteiger partial charge is 0.512 e. The molecule has 2 aliphatic rings. The summed E-state index contributed by atoms with van der Waals surface area (Å²) in [5.74, 6) is 2.16. The topological polar surface area (TPSA) is 37.3 Å². The molecule has 0 heterocycles. The first kappa shape index (κ1) is 13.4. The van der Waals surface area contributed by atoms with Crippen molar-refractivity contribution >= 4 is 5.78 Å². The number of allylic oxidation sites excluding steroid dienone is 3. The van der Waals surface area contributed by atoms with E-state index in [2.05, 4.69) is 20.4 Å². The Balaban J connectivity index is 2.16. The molecule has 0 amide bonds. The second-order valence-electron chi connectivity index (χ2n) is 6.08. The lowest BCUT2D eigenvalue weighted by Crippen LogP contribution is -2.20. The molecular weight excluding hydrogens is 224 g/mol. The van der Waals surface area contributed by atoms with Crippen LogP contribution < -0.4 is 0 Å². The molecule has 0 aromatic rings. The molecule has 0 radical (unpaired) electrons. The summed E-state index contributed by atoms with van der Waals surface area (Å²) in [4.78, 5) is 11.9. The first-order valence-corrected chi connectivity index (χ1v) is 7.10. The number of Topliss-reactive ketones (excluding diaryl/α,β-unsaturated/α-hetero) is 1. The van der Waals surface area contributed by atoms with E-state index in [1.807, 2.05) is 0 Å². The summed E-state index contributed by atoms with van der Waals surface area (Å²) in [6, 6.07) is 0. The lowest BCUT2D eigenvalue weighted by Gasteiger charge is -2.26. The van der Waals surface area contributed by atoms with Crippen molar-refractivity contribution in [1.29, 1.82) is 0 Å². The summed E-state index contributed by atoms with van der Waals surface area (Å²) in [6.45, 7) is 8.44. The molecule has 100 valence electrons. The maximum atomic E-state index is 11.9. The predicted molar refractivity (Wildman–Crippen MR) is 73.3 cm³/mol. The minimum Gasteiger partial charge on any atom is -0.512 e. The van der Waals surface area contributed by atoms with E-state index in [4.69, 9.17) is 0 Å². The van der Waals surface area contributed by atoms with Crippen LogP contribution in [0.3, 0.4) is 0 Å². The summed E-state index contributed by atoms with van der Waals surface area (Å²) in [7, 11) is 0. The van der Waals surface area contributed by atoms with Crippen LogP contribution in [0.4, 0.5) is 0 Å². The number of ketones is 1. The first-order valence-electron chi connectivity index (χ1n) is 7.10. The fourth-order valence-electron chi connectivity index (χ4n) is 3.57. The minimum atomic E-state index is 0.165. The Morgan fingerprint density at radius 2 is 2.11 bits per heavy atom. The van der Waals surface area contributed by atoms with Crippen molar-refractivity contribution in [2.45, 2.75) is 52.4 Å². The van der Waals surface area contributed by atoms with Gasteiger partial charge in [-0.05, 0) is 50.4 Å². The zero-order valence-corrected chi connectivity index (χ0v) is 11.5. The fourth-order valence-corrected chi connectivity index (χ4v) is 3.57. The Bertz CT molecular complexity index is 392. The highest BCUT2D eigenvalue weighted by Gasteiger charge is 2.36. The van der Waals surface area contributed by atoms with Crippen molar-refractivity contribution in [2.24, 2.45) is 17.8 Å². The Kier molecular flexibility index (Phi) is 3.94. The quantitative estimate of drug-likeness (QED) is 0.761. The summed E-state index contributed by atoms with van der Waals surface area (Å²) in [5.41, 5.74) is 1.94. The molecule has 2 heteroatoms. The van der Waals surface area contributed by atoms with Crippen molar-refractivity contribution in [3.05, 3.63) is 23.5 Å². The average molecular weight is 248 g/mol. The van der Waals surface area contributed by atoms with Gasteiger partial charge in [0.2, 0.25) is 0 Å². The van der Waals surface area contributed by atoms with E-state index in [9.17, 15) is 9.90 Å². The highest BCUT2D eigenvalue weighted by Crippen LogP contribution is 2.44. The zero-order valence-electron chi connectivity index (χ0n) is 11.5. The van der Waals surface area contributed by atoms with Crippen LogP contribution in [0.1, 0.15) is 52.4 Å². The Labute approximate surface area is 110 Å². The van der Waals surface area contributed by atoms with Gasteiger partial charge in [-0.1, -0.05) is 19.1 Å². The maximum Gasteiger partial charge on any atom is 0.162 e. The molecule has 2 nitrogen and oxygen atoms in total. The summed E-state index contributed by atoms with van der Waals surface area (Å²) in [5, 5.41) is 9.95. The Morgan fingerprint density at radius 3 is 2.72 bits per heavy atom. The molecule has 1 fully saturated rings. The minimum absolute atomic E-state index is 0.165. The molecule has 0 aromatic heterocycles. The molecular formula is C16H24O2. The number of carbonyl (C=O) groups is 1. The van der Waals surface area contributed by atoms with E-state index in [-0.39, 0.29) is 5.78 Å². The number of hydrogen-bond donors (Lipinski definition) is 1. The van der Waals surface area contributed by atoms with E-state index in [1.165, 1.54) is 18.4 Å². The SMILES string of the molecule is C=C(C)[C@@H]1CC[C@@H](C)[C@H]1CC1=C(O)CCCC1=O. The number of rotatable bonds is 3. The van der Waals surface area contributed by atoms with Gasteiger partial charge in [-0.15, -0.1) is 0 Å². The van der Waals surface area contributed by atoms with Crippen LogP contribution in [0.25, 0.3) is 0 Å². The number of carbonyl (C=O) groups excluding carboxylic acids is 1. The van der Waals surface area contributed by atoms with E-state index in [0.717, 1.165) is 12.8 Å². The first-order chi connectivity index (χ1) is 8.50. The predicted octanol–water partition coefficient (Wildman–Crippen LogP) is 4.18. The van der Waals surface area contributed by atoms with Crippen molar-refractivity contribution in [3.63, 3.8) is 0 Å². The number of aliphatic hydroxyl groups is 1. The van der Waals surface area contributed by atoms with Gasteiger partial charge in [0.1, 0.15) is 0 Å². The molecule has 1 N–H and O–H groups in total. The van der Waals surface area contributed by atoms with Gasteiger partial charge in [-0.25, -0.2) is 0 Å². The second-order valence-corrected chi connectivity index (χ2v) is 6.08. The van der Waals surface area contributed by atoms with Gasteiger partial charge in [-0.3, -0.25) is 4.79 Å². The van der Waals surface area contributed by atoms with Crippen LogP contribution in [-0.2, 0) is 4.79 Å². The van der Waals surface area contributed by atoms with Gasteiger partial charge in [0.05, 0.1) is 5.76 Å². The van der Waals surface area contributed by atoms with Gasteiger partial charge >= 0.3 is 0 Å². The van der Waals surface area contributed by atoms with Crippen molar-refractivity contribution in [3.8, 4) is 0 Å². The van der Waals surface area contributed by atoms with E-state index >= 15 is 0 Å². The molecule has 0 aromatic carbocycles. The van der Waals surface area contributed by atoms with Crippen LogP contribution in [0.5, 0.6) is 0 Å². The standard InChI is InChI=1S/C16H24O2/c1-10(2)12-8-7-11(3)13(12)9-14-15(17)5-4-6-16(14)18/h11-13,17H,1,4-9H2,2-3H3/t11-,12+,13-/m1/s1. The molecule has 0 unspecified atom stereocenters. The smallest absolute Gasteiger partial charge is 0.162 e. The summed E-state index contributed by atoms with van der Waals surface area (Å²) >= 11 is 0. The third kappa shape index (κ3) is 2.52. The van der Waals surface area contributed by atoms with Gasteiger partial charge in [0, 0.05) is 18.4 Å². The number of aliphatic hydroxyl groups excluding tert-OH is 1. The lowest BCUT2D eigenvalue weighted by molar-refractivity contribution is -0.116. The van der Waals surface area contributed by atoms with Crippen LogP contribution in [-0.4, -0.2) is 10.9 Å². The molecule has 0 spiro atoms. The Hall–Kier alpha value is -1.05. The second kappa shape index (κ2) is 5.29. The molecule has 3 atom stereocenters. The molecule has 0 bridgehead atoms. The average Bonchev–Trinajstić information content (AvgIpc) is 2.66. The van der Waals surface area contributed by atoms with Gasteiger partial charge in [0.15, 0.2) is 5.78 Å². The molecule has 2 rings (SSSR count). The van der Waals surface area contributed by atoms with Crippen LogP contribution in [0, 0.1) is 17.8 Å². The molecule has 1 saturated carbocycles. The van der Waals surface area contributed by atoms with Crippen LogP contribution in [0.15, 0.2) is 23.5 Å². The monoisotopic (exact) mass is 248 g/mol. The van der Waals surface area contributed by atoms with E-state index in [0.29, 0.717) is 41.9 Å². The van der Waals surface area contributed by atoms with Crippen molar-refractivity contribution in [1.82, 2.24) is 0 Å². The summed E-state index contributed by atoms with van der Waals surface area (Å²) in [6.07, 6.45) is 5.24. The summed E-state index contributed by atoms with van der Waals surface area (Å²) < 4.78 is 0. The van der Waals surface area contributed by atoms with Gasteiger partial charge in [0.25, 0.3) is 0 Å². The van der Waals surface area contributed by atoms with Gasteiger partial charge < -0.3 is 5.11 Å².